The maximum Gasteiger partial charge on any atom is 0.254 e. The summed E-state index contributed by atoms with van der Waals surface area (Å²) in [6, 6.07) is 14.3. The lowest BCUT2D eigenvalue weighted by Crippen LogP contribution is -2.47. The number of carbonyl (C=O) groups excluding carboxylic acids is 1. The maximum absolute atomic E-state index is 13.1. The molecule has 3 aromatic rings. The summed E-state index contributed by atoms with van der Waals surface area (Å²) in [4.78, 5) is 22.3. The minimum atomic E-state index is 0.110. The first-order chi connectivity index (χ1) is 16.7. The molecule has 1 amide bonds. The highest BCUT2D eigenvalue weighted by atomic mass is 16.2. The van der Waals surface area contributed by atoms with Crippen molar-refractivity contribution in [3.63, 3.8) is 0 Å². The first kappa shape index (κ1) is 24.5. The quantitative estimate of drug-likeness (QED) is 0.268. The Hall–Kier alpha value is -2.66. The molecule has 182 valence electrons. The second-order valence-electron chi connectivity index (χ2n) is 9.73. The fraction of sp³-hybridized carbons (Fsp3) is 0.517. The van der Waals surface area contributed by atoms with E-state index in [1.165, 1.54) is 51.4 Å². The van der Waals surface area contributed by atoms with Crippen LogP contribution in [0.2, 0.25) is 0 Å². The molecule has 1 aliphatic heterocycles. The normalized spacial score (nSPS) is 14.7. The molecule has 34 heavy (non-hydrogen) atoms. The number of nitrogens with one attached hydrogen (secondary N) is 1. The van der Waals surface area contributed by atoms with Gasteiger partial charge in [0.25, 0.3) is 5.91 Å². The standard InChI is InChI=1S/C29H40N4O/c1-3-4-5-6-7-8-9-12-17-30-28-24-13-10-11-14-26(24)31-27-22-23(15-16-25(27)28)29(34)33-20-18-32(2)19-21-33/h10-11,13-16,22H,3-9,12,17-21H2,1-2H3,(H,30,31). The molecule has 0 unspecified atom stereocenters. The molecule has 4 rings (SSSR count). The number of carbonyl (C=O) groups is 1. The van der Waals surface area contributed by atoms with Gasteiger partial charge in [0.15, 0.2) is 0 Å². The number of likely N-dealkylation sites (N-methyl/N-ethyl adjacent to an activating group) is 1. The highest BCUT2D eigenvalue weighted by Gasteiger charge is 2.21. The van der Waals surface area contributed by atoms with Crippen molar-refractivity contribution in [2.75, 3.05) is 45.1 Å². The molecule has 0 atom stereocenters. The van der Waals surface area contributed by atoms with E-state index in [0.717, 1.165) is 65.8 Å². The number of hydrogen-bond donors (Lipinski definition) is 1. The Morgan fingerprint density at radius 2 is 1.53 bits per heavy atom. The van der Waals surface area contributed by atoms with Gasteiger partial charge in [0, 0.05) is 49.1 Å². The van der Waals surface area contributed by atoms with Gasteiger partial charge in [-0.2, -0.15) is 0 Å². The van der Waals surface area contributed by atoms with E-state index < -0.39 is 0 Å². The molecule has 0 bridgehead atoms. The summed E-state index contributed by atoms with van der Waals surface area (Å²) in [5.74, 6) is 0.110. The summed E-state index contributed by atoms with van der Waals surface area (Å²) in [7, 11) is 2.11. The van der Waals surface area contributed by atoms with Crippen LogP contribution in [0.15, 0.2) is 42.5 Å². The summed E-state index contributed by atoms with van der Waals surface area (Å²) >= 11 is 0. The van der Waals surface area contributed by atoms with Crippen LogP contribution in [0, 0.1) is 0 Å². The van der Waals surface area contributed by atoms with Gasteiger partial charge >= 0.3 is 0 Å². The monoisotopic (exact) mass is 460 g/mol. The molecule has 1 aromatic heterocycles. The van der Waals surface area contributed by atoms with Crippen molar-refractivity contribution in [2.45, 2.75) is 58.3 Å². The molecule has 0 saturated carbocycles. The van der Waals surface area contributed by atoms with Crippen molar-refractivity contribution in [3.8, 4) is 0 Å². The third kappa shape index (κ3) is 6.06. The van der Waals surface area contributed by atoms with Crippen molar-refractivity contribution >= 4 is 33.4 Å². The number of anilines is 1. The largest absolute Gasteiger partial charge is 0.384 e. The van der Waals surface area contributed by atoms with Crippen molar-refractivity contribution in [2.24, 2.45) is 0 Å². The van der Waals surface area contributed by atoms with Crippen LogP contribution in [-0.4, -0.2) is 60.5 Å². The maximum atomic E-state index is 13.1. The number of aromatic nitrogens is 1. The number of fused-ring (bicyclic) bond motifs is 2. The Bertz CT molecular complexity index is 1090. The average molecular weight is 461 g/mol. The summed E-state index contributed by atoms with van der Waals surface area (Å²) < 4.78 is 0. The van der Waals surface area contributed by atoms with Crippen LogP contribution in [0.5, 0.6) is 0 Å². The summed E-state index contributed by atoms with van der Waals surface area (Å²) in [6.45, 7) is 6.64. The van der Waals surface area contributed by atoms with Crippen LogP contribution < -0.4 is 5.32 Å². The predicted molar refractivity (Wildman–Crippen MR) is 144 cm³/mol. The van der Waals surface area contributed by atoms with Crippen LogP contribution in [0.3, 0.4) is 0 Å². The molecule has 0 spiro atoms. The van der Waals surface area contributed by atoms with E-state index in [1.54, 1.807) is 0 Å². The number of piperazine rings is 1. The van der Waals surface area contributed by atoms with E-state index in [1.807, 2.05) is 23.1 Å². The first-order valence-electron chi connectivity index (χ1n) is 13.2. The first-order valence-corrected chi connectivity index (χ1v) is 13.2. The fourth-order valence-corrected chi connectivity index (χ4v) is 4.88. The van der Waals surface area contributed by atoms with Gasteiger partial charge in [-0.05, 0) is 37.7 Å². The van der Waals surface area contributed by atoms with Crippen LogP contribution >= 0.6 is 0 Å². The molecule has 0 aliphatic carbocycles. The van der Waals surface area contributed by atoms with Crippen molar-refractivity contribution < 1.29 is 4.79 Å². The molecule has 0 radical (unpaired) electrons. The third-order valence-electron chi connectivity index (χ3n) is 7.05. The Balaban J connectivity index is 1.46. The van der Waals surface area contributed by atoms with E-state index >= 15 is 0 Å². The number of unbranched alkanes of at least 4 members (excludes halogenated alkanes) is 7. The molecule has 5 nitrogen and oxygen atoms in total. The van der Waals surface area contributed by atoms with Crippen LogP contribution in [0.1, 0.15) is 68.6 Å². The number of rotatable bonds is 11. The summed E-state index contributed by atoms with van der Waals surface area (Å²) in [5.41, 5.74) is 3.73. The SMILES string of the molecule is CCCCCCCCCCNc1c2ccccc2nc2cc(C(=O)N3CCN(C)CC3)ccc12. The number of amides is 1. The van der Waals surface area contributed by atoms with Crippen molar-refractivity contribution in [1.29, 1.82) is 0 Å². The molecular weight excluding hydrogens is 420 g/mol. The molecule has 2 aromatic carbocycles. The number of nitrogens with zero attached hydrogens (tertiary/aromatic N) is 3. The minimum Gasteiger partial charge on any atom is -0.384 e. The van der Waals surface area contributed by atoms with Gasteiger partial charge in [-0.3, -0.25) is 4.79 Å². The van der Waals surface area contributed by atoms with Gasteiger partial charge < -0.3 is 15.1 Å². The van der Waals surface area contributed by atoms with Gasteiger partial charge in [0.2, 0.25) is 0 Å². The number of pyridine rings is 1. The van der Waals surface area contributed by atoms with E-state index in [0.29, 0.717) is 0 Å². The van der Waals surface area contributed by atoms with E-state index in [9.17, 15) is 4.79 Å². The third-order valence-corrected chi connectivity index (χ3v) is 7.05. The second kappa shape index (κ2) is 12.2. The zero-order valence-corrected chi connectivity index (χ0v) is 21.0. The van der Waals surface area contributed by atoms with Gasteiger partial charge in [0.1, 0.15) is 0 Å². The molecule has 1 aliphatic rings. The highest BCUT2D eigenvalue weighted by molar-refractivity contribution is 6.09. The van der Waals surface area contributed by atoms with Gasteiger partial charge in [-0.1, -0.05) is 70.1 Å². The topological polar surface area (TPSA) is 48.5 Å². The Morgan fingerprint density at radius 1 is 0.853 bits per heavy atom. The number of benzene rings is 2. The predicted octanol–water partition coefficient (Wildman–Crippen LogP) is 6.33. The minimum absolute atomic E-state index is 0.110. The lowest BCUT2D eigenvalue weighted by molar-refractivity contribution is 0.0664. The molecule has 1 saturated heterocycles. The second-order valence-corrected chi connectivity index (χ2v) is 9.73. The lowest BCUT2D eigenvalue weighted by Gasteiger charge is -2.32. The molecule has 5 heteroatoms. The van der Waals surface area contributed by atoms with E-state index in [-0.39, 0.29) is 5.91 Å². The van der Waals surface area contributed by atoms with Crippen LogP contribution in [0.25, 0.3) is 21.8 Å². The summed E-state index contributed by atoms with van der Waals surface area (Å²) in [6.07, 6.45) is 10.5. The van der Waals surface area contributed by atoms with Gasteiger partial charge in [-0.15, -0.1) is 0 Å². The van der Waals surface area contributed by atoms with Crippen LogP contribution in [0.4, 0.5) is 5.69 Å². The zero-order valence-electron chi connectivity index (χ0n) is 21.0. The Kier molecular flexibility index (Phi) is 8.75. The van der Waals surface area contributed by atoms with Crippen molar-refractivity contribution in [3.05, 3.63) is 48.0 Å². The molecule has 1 fully saturated rings. The van der Waals surface area contributed by atoms with Gasteiger partial charge in [-0.25, -0.2) is 4.98 Å². The van der Waals surface area contributed by atoms with Crippen molar-refractivity contribution in [1.82, 2.24) is 14.8 Å². The Morgan fingerprint density at radius 3 is 2.29 bits per heavy atom. The highest BCUT2D eigenvalue weighted by Crippen LogP contribution is 2.31. The van der Waals surface area contributed by atoms with Gasteiger partial charge in [0.05, 0.1) is 16.7 Å². The summed E-state index contributed by atoms with van der Waals surface area (Å²) in [5, 5.41) is 5.95. The fourth-order valence-electron chi connectivity index (χ4n) is 4.88. The zero-order chi connectivity index (χ0) is 23.8. The van der Waals surface area contributed by atoms with E-state index in [4.69, 9.17) is 4.98 Å². The number of hydrogen-bond acceptors (Lipinski definition) is 4. The molecular formula is C29H40N4O. The van der Waals surface area contributed by atoms with E-state index in [2.05, 4.69) is 48.5 Å². The average Bonchev–Trinajstić information content (AvgIpc) is 2.86. The smallest absolute Gasteiger partial charge is 0.254 e. The van der Waals surface area contributed by atoms with Crippen LogP contribution in [-0.2, 0) is 0 Å². The lowest BCUT2D eigenvalue weighted by atomic mass is 10.0. The molecule has 2 heterocycles. The molecule has 1 N–H and O–H groups in total. The Labute approximate surface area is 204 Å². The number of para-hydroxylation sites is 1.